The van der Waals surface area contributed by atoms with Crippen molar-refractivity contribution in [1.82, 2.24) is 9.78 Å². The molecule has 1 aliphatic carbocycles. The fraction of sp³-hybridized carbons (Fsp3) is 0.750. The molecule has 0 saturated heterocycles. The predicted molar refractivity (Wildman–Crippen MR) is 83.0 cm³/mol. The molecule has 4 heteroatoms. The number of rotatable bonds is 9. The summed E-state index contributed by atoms with van der Waals surface area (Å²) in [5, 5.41) is 7.61. The number of nitrogens with one attached hydrogen (secondary N) is 1. The number of anilines is 1. The Labute approximate surface area is 121 Å². The molecule has 1 heterocycles. The Morgan fingerprint density at radius 1 is 1.45 bits per heavy atom. The van der Waals surface area contributed by atoms with Gasteiger partial charge in [-0.1, -0.05) is 33.1 Å². The molecule has 0 aliphatic heterocycles. The molecular weight excluding hydrogens is 250 g/mol. The van der Waals surface area contributed by atoms with Gasteiger partial charge in [-0.15, -0.1) is 0 Å². The van der Waals surface area contributed by atoms with Crippen LogP contribution in [0.1, 0.15) is 52.4 Å². The molecule has 0 radical (unpaired) electrons. The van der Waals surface area contributed by atoms with E-state index in [0.717, 1.165) is 31.1 Å². The van der Waals surface area contributed by atoms with Crippen LogP contribution in [0.4, 0.5) is 5.69 Å². The third-order valence-electron chi connectivity index (χ3n) is 4.14. The topological polar surface area (TPSA) is 46.9 Å². The minimum absolute atomic E-state index is 0.0146. The molecule has 4 nitrogen and oxygen atoms in total. The summed E-state index contributed by atoms with van der Waals surface area (Å²) in [6.45, 7) is 6.12. The maximum Gasteiger partial charge on any atom is 0.268 e. The van der Waals surface area contributed by atoms with E-state index in [9.17, 15) is 4.79 Å². The molecule has 1 atom stereocenters. The van der Waals surface area contributed by atoms with Crippen molar-refractivity contribution in [2.45, 2.75) is 58.9 Å². The van der Waals surface area contributed by atoms with Crippen molar-refractivity contribution in [3.05, 3.63) is 22.6 Å². The van der Waals surface area contributed by atoms with Gasteiger partial charge < -0.3 is 5.32 Å². The normalized spacial score (nSPS) is 16.1. The largest absolute Gasteiger partial charge is 0.383 e. The van der Waals surface area contributed by atoms with Gasteiger partial charge in [0, 0.05) is 19.2 Å². The fourth-order valence-corrected chi connectivity index (χ4v) is 2.41. The van der Waals surface area contributed by atoms with Crippen molar-refractivity contribution in [2.24, 2.45) is 11.8 Å². The highest BCUT2D eigenvalue weighted by molar-refractivity contribution is 5.38. The summed E-state index contributed by atoms with van der Waals surface area (Å²) in [5.41, 5.74) is 0.875. The smallest absolute Gasteiger partial charge is 0.268 e. The van der Waals surface area contributed by atoms with Gasteiger partial charge in [0.1, 0.15) is 0 Å². The van der Waals surface area contributed by atoms with E-state index >= 15 is 0 Å². The first-order valence-corrected chi connectivity index (χ1v) is 8.04. The van der Waals surface area contributed by atoms with Gasteiger partial charge >= 0.3 is 0 Å². The number of nitrogens with zero attached hydrogens (tertiary/aromatic N) is 2. The molecule has 0 aromatic carbocycles. The zero-order valence-electron chi connectivity index (χ0n) is 12.8. The molecule has 1 aromatic heterocycles. The van der Waals surface area contributed by atoms with Gasteiger partial charge in [0.05, 0.1) is 11.9 Å². The zero-order chi connectivity index (χ0) is 14.4. The summed E-state index contributed by atoms with van der Waals surface area (Å²) in [7, 11) is 0. The summed E-state index contributed by atoms with van der Waals surface area (Å²) >= 11 is 0. The lowest BCUT2D eigenvalue weighted by Gasteiger charge is -2.15. The average Bonchev–Trinajstić information content (AvgIpc) is 3.27. The average molecular weight is 277 g/mol. The van der Waals surface area contributed by atoms with Gasteiger partial charge in [0.2, 0.25) is 0 Å². The maximum atomic E-state index is 12.1. The molecule has 1 aromatic rings. The predicted octanol–water partition coefficient (Wildman–Crippen LogP) is 3.28. The van der Waals surface area contributed by atoms with Gasteiger partial charge in [-0.25, -0.2) is 4.68 Å². The highest BCUT2D eigenvalue weighted by Crippen LogP contribution is 2.28. The first-order valence-electron chi connectivity index (χ1n) is 8.04. The Morgan fingerprint density at radius 3 is 2.85 bits per heavy atom. The van der Waals surface area contributed by atoms with Crippen LogP contribution < -0.4 is 10.9 Å². The summed E-state index contributed by atoms with van der Waals surface area (Å²) in [4.78, 5) is 12.1. The zero-order valence-corrected chi connectivity index (χ0v) is 12.8. The number of aromatic nitrogens is 2. The lowest BCUT2D eigenvalue weighted by molar-refractivity contribution is 0.363. The number of hydrogen-bond donors (Lipinski definition) is 1. The number of unbranched alkanes of at least 4 members (excludes halogenated alkanes) is 1. The molecule has 1 saturated carbocycles. The first-order chi connectivity index (χ1) is 9.72. The Balaban J connectivity index is 1.91. The van der Waals surface area contributed by atoms with Crippen molar-refractivity contribution in [3.8, 4) is 0 Å². The highest BCUT2D eigenvalue weighted by Gasteiger charge is 2.20. The van der Waals surface area contributed by atoms with Crippen molar-refractivity contribution in [3.63, 3.8) is 0 Å². The SMILES string of the molecule is CCCCC(CC)Cn1ncc(NCC2CC2)cc1=O. The minimum Gasteiger partial charge on any atom is -0.383 e. The lowest BCUT2D eigenvalue weighted by atomic mass is 9.99. The maximum absolute atomic E-state index is 12.1. The van der Waals surface area contributed by atoms with Crippen molar-refractivity contribution < 1.29 is 0 Å². The molecule has 112 valence electrons. The molecule has 20 heavy (non-hydrogen) atoms. The van der Waals surface area contributed by atoms with Crippen LogP contribution in [0.2, 0.25) is 0 Å². The van der Waals surface area contributed by atoms with Crippen molar-refractivity contribution in [1.29, 1.82) is 0 Å². The van der Waals surface area contributed by atoms with Crippen LogP contribution in [-0.2, 0) is 6.54 Å². The van der Waals surface area contributed by atoms with Crippen molar-refractivity contribution in [2.75, 3.05) is 11.9 Å². The fourth-order valence-electron chi connectivity index (χ4n) is 2.41. The van der Waals surface area contributed by atoms with Crippen LogP contribution >= 0.6 is 0 Å². The lowest BCUT2D eigenvalue weighted by Crippen LogP contribution is -2.26. The standard InChI is InChI=1S/C16H27N3O/c1-3-5-6-13(4-2)12-19-16(20)9-15(11-18-19)17-10-14-7-8-14/h9,11,13-14,17H,3-8,10,12H2,1-2H3. The van der Waals surface area contributed by atoms with Gasteiger partial charge in [-0.3, -0.25) is 4.79 Å². The van der Waals surface area contributed by atoms with E-state index < -0.39 is 0 Å². The Bertz CT molecular complexity index is 465. The van der Waals surface area contributed by atoms with E-state index in [4.69, 9.17) is 0 Å². The van der Waals surface area contributed by atoms with Crippen LogP contribution in [0.15, 0.2) is 17.1 Å². The van der Waals surface area contributed by atoms with Gasteiger partial charge in [-0.05, 0) is 31.1 Å². The molecule has 1 unspecified atom stereocenters. The van der Waals surface area contributed by atoms with Crippen LogP contribution in [-0.4, -0.2) is 16.3 Å². The molecule has 1 fully saturated rings. The quantitative estimate of drug-likeness (QED) is 0.753. The summed E-state index contributed by atoms with van der Waals surface area (Å²) < 4.78 is 1.62. The van der Waals surface area contributed by atoms with Crippen LogP contribution in [0.5, 0.6) is 0 Å². The second-order valence-electron chi connectivity index (χ2n) is 6.01. The van der Waals surface area contributed by atoms with E-state index in [2.05, 4.69) is 24.3 Å². The van der Waals surface area contributed by atoms with E-state index in [-0.39, 0.29) is 5.56 Å². The van der Waals surface area contributed by atoms with Crippen LogP contribution in [0.3, 0.4) is 0 Å². The van der Waals surface area contributed by atoms with E-state index in [1.165, 1.54) is 32.1 Å². The van der Waals surface area contributed by atoms with E-state index in [0.29, 0.717) is 5.92 Å². The molecule has 1 N–H and O–H groups in total. The molecule has 2 rings (SSSR count). The highest BCUT2D eigenvalue weighted by atomic mass is 16.1. The summed E-state index contributed by atoms with van der Waals surface area (Å²) in [6.07, 6.45) is 9.15. The molecule has 0 bridgehead atoms. The Morgan fingerprint density at radius 2 is 2.25 bits per heavy atom. The number of hydrogen-bond acceptors (Lipinski definition) is 3. The van der Waals surface area contributed by atoms with E-state index in [1.807, 2.05) is 0 Å². The Hall–Kier alpha value is -1.32. The molecule has 0 amide bonds. The van der Waals surface area contributed by atoms with Gasteiger partial charge in [0.15, 0.2) is 0 Å². The third-order valence-corrected chi connectivity index (χ3v) is 4.14. The van der Waals surface area contributed by atoms with Crippen LogP contribution in [0, 0.1) is 11.8 Å². The third kappa shape index (κ3) is 4.66. The monoisotopic (exact) mass is 277 g/mol. The second-order valence-corrected chi connectivity index (χ2v) is 6.01. The van der Waals surface area contributed by atoms with Crippen molar-refractivity contribution >= 4 is 5.69 Å². The second kappa shape index (κ2) is 7.46. The van der Waals surface area contributed by atoms with Gasteiger partial charge in [0.25, 0.3) is 5.56 Å². The first kappa shape index (κ1) is 15.1. The molecule has 1 aliphatic rings. The minimum atomic E-state index is 0.0146. The molecular formula is C16H27N3O. The van der Waals surface area contributed by atoms with Gasteiger partial charge in [-0.2, -0.15) is 5.10 Å². The summed E-state index contributed by atoms with van der Waals surface area (Å²) in [5.74, 6) is 1.36. The Kier molecular flexibility index (Phi) is 5.62. The van der Waals surface area contributed by atoms with Crippen LogP contribution in [0.25, 0.3) is 0 Å². The summed E-state index contributed by atoms with van der Waals surface area (Å²) in [6, 6.07) is 1.68. The molecule has 0 spiro atoms. The van der Waals surface area contributed by atoms with E-state index in [1.54, 1.807) is 16.9 Å².